The third-order valence-electron chi connectivity index (χ3n) is 4.90. The standard InChI is InChI=1S/C26H22N2O2/c29-25-14-13-21-10-4-5-12-23(21)24(25)18-27-22-11-6-9-20(15-22)17-28-26(30)16-19-7-2-1-3-8-19/h1-15,18,29H,16-17H2,(H,28,30). The van der Waals surface area contributed by atoms with Gasteiger partial charge in [-0.05, 0) is 40.1 Å². The van der Waals surface area contributed by atoms with Crippen molar-refractivity contribution in [2.24, 2.45) is 4.99 Å². The lowest BCUT2D eigenvalue weighted by atomic mass is 10.0. The molecule has 4 aromatic rings. The summed E-state index contributed by atoms with van der Waals surface area (Å²) < 4.78 is 0. The molecular formula is C26H22N2O2. The lowest BCUT2D eigenvalue weighted by molar-refractivity contribution is -0.120. The predicted octanol–water partition coefficient (Wildman–Crippen LogP) is 5.15. The van der Waals surface area contributed by atoms with Gasteiger partial charge in [0.15, 0.2) is 0 Å². The summed E-state index contributed by atoms with van der Waals surface area (Å²) in [5.41, 5.74) is 3.41. The third kappa shape index (κ3) is 4.73. The molecule has 0 saturated carbocycles. The number of rotatable bonds is 6. The van der Waals surface area contributed by atoms with Gasteiger partial charge in [0.25, 0.3) is 0 Å². The van der Waals surface area contributed by atoms with E-state index in [1.807, 2.05) is 84.9 Å². The van der Waals surface area contributed by atoms with Crippen LogP contribution in [0.1, 0.15) is 16.7 Å². The number of fused-ring (bicyclic) bond motifs is 1. The van der Waals surface area contributed by atoms with E-state index in [1.165, 1.54) is 0 Å². The molecule has 4 nitrogen and oxygen atoms in total. The van der Waals surface area contributed by atoms with E-state index in [0.29, 0.717) is 18.5 Å². The highest BCUT2D eigenvalue weighted by Gasteiger charge is 2.05. The molecule has 0 unspecified atom stereocenters. The van der Waals surface area contributed by atoms with Gasteiger partial charge >= 0.3 is 0 Å². The van der Waals surface area contributed by atoms with Crippen LogP contribution >= 0.6 is 0 Å². The second kappa shape index (κ2) is 9.05. The highest BCUT2D eigenvalue weighted by atomic mass is 16.3. The Morgan fingerprint density at radius 1 is 0.867 bits per heavy atom. The predicted molar refractivity (Wildman–Crippen MR) is 121 cm³/mol. The number of amides is 1. The van der Waals surface area contributed by atoms with Crippen LogP contribution in [0.3, 0.4) is 0 Å². The van der Waals surface area contributed by atoms with Crippen molar-refractivity contribution >= 4 is 28.6 Å². The van der Waals surface area contributed by atoms with Crippen LogP contribution in [0.15, 0.2) is 96.0 Å². The zero-order valence-corrected chi connectivity index (χ0v) is 16.5. The molecule has 4 rings (SSSR count). The van der Waals surface area contributed by atoms with Crippen LogP contribution in [0, 0.1) is 0 Å². The van der Waals surface area contributed by atoms with E-state index in [4.69, 9.17) is 0 Å². The van der Waals surface area contributed by atoms with E-state index in [-0.39, 0.29) is 11.7 Å². The molecule has 30 heavy (non-hydrogen) atoms. The monoisotopic (exact) mass is 394 g/mol. The number of hydrogen-bond acceptors (Lipinski definition) is 3. The van der Waals surface area contributed by atoms with E-state index >= 15 is 0 Å². The maximum atomic E-state index is 12.2. The van der Waals surface area contributed by atoms with Crippen molar-refractivity contribution in [2.45, 2.75) is 13.0 Å². The van der Waals surface area contributed by atoms with E-state index < -0.39 is 0 Å². The molecule has 0 fully saturated rings. The Labute approximate surface area is 175 Å². The van der Waals surface area contributed by atoms with E-state index in [9.17, 15) is 9.90 Å². The molecule has 0 heterocycles. The zero-order chi connectivity index (χ0) is 20.8. The van der Waals surface area contributed by atoms with Crippen molar-refractivity contribution in [3.8, 4) is 5.75 Å². The molecule has 0 aromatic heterocycles. The summed E-state index contributed by atoms with van der Waals surface area (Å²) in [5.74, 6) is 0.178. The molecule has 0 atom stereocenters. The lowest BCUT2D eigenvalue weighted by Gasteiger charge is -2.07. The average molecular weight is 394 g/mol. The van der Waals surface area contributed by atoms with E-state index in [1.54, 1.807) is 12.3 Å². The number of nitrogens with zero attached hydrogens (tertiary/aromatic N) is 1. The number of phenolic OH excluding ortho intramolecular Hbond substituents is 1. The van der Waals surface area contributed by atoms with Crippen LogP contribution in [-0.2, 0) is 17.8 Å². The number of nitrogens with one attached hydrogen (secondary N) is 1. The summed E-state index contributed by atoms with van der Waals surface area (Å²) in [6.45, 7) is 0.439. The van der Waals surface area contributed by atoms with Gasteiger partial charge in [-0.3, -0.25) is 9.79 Å². The van der Waals surface area contributed by atoms with Crippen molar-refractivity contribution in [1.29, 1.82) is 0 Å². The van der Waals surface area contributed by atoms with E-state index in [2.05, 4.69) is 10.3 Å². The van der Waals surface area contributed by atoms with Gasteiger partial charge in [-0.15, -0.1) is 0 Å². The molecule has 0 bridgehead atoms. The highest BCUT2D eigenvalue weighted by molar-refractivity contribution is 6.03. The molecule has 0 aliphatic heterocycles. The topological polar surface area (TPSA) is 61.7 Å². The van der Waals surface area contributed by atoms with Gasteiger partial charge < -0.3 is 10.4 Å². The summed E-state index contributed by atoms with van der Waals surface area (Å²) in [7, 11) is 0. The van der Waals surface area contributed by atoms with Crippen LogP contribution in [0.25, 0.3) is 10.8 Å². The van der Waals surface area contributed by atoms with Gasteiger partial charge in [-0.1, -0.05) is 72.8 Å². The van der Waals surface area contributed by atoms with Gasteiger partial charge in [-0.25, -0.2) is 0 Å². The maximum absolute atomic E-state index is 12.2. The summed E-state index contributed by atoms with van der Waals surface area (Å²) in [5, 5.41) is 15.2. The molecule has 0 aliphatic carbocycles. The van der Waals surface area contributed by atoms with Crippen molar-refractivity contribution in [2.75, 3.05) is 0 Å². The molecule has 0 spiro atoms. The van der Waals surface area contributed by atoms with Gasteiger partial charge in [0.2, 0.25) is 5.91 Å². The average Bonchev–Trinajstić information content (AvgIpc) is 2.78. The number of aromatic hydroxyl groups is 1. The fourth-order valence-electron chi connectivity index (χ4n) is 3.35. The molecule has 2 N–H and O–H groups in total. The first-order valence-corrected chi connectivity index (χ1v) is 9.83. The molecule has 0 saturated heterocycles. The Morgan fingerprint density at radius 3 is 2.50 bits per heavy atom. The SMILES string of the molecule is O=C(Cc1ccccc1)NCc1cccc(N=Cc2c(O)ccc3ccccc23)c1. The number of carbonyl (C=O) groups excluding carboxylic acids is 1. The fourth-order valence-corrected chi connectivity index (χ4v) is 3.35. The van der Waals surface area contributed by atoms with Gasteiger partial charge in [0, 0.05) is 18.3 Å². The number of carbonyl (C=O) groups is 1. The summed E-state index contributed by atoms with van der Waals surface area (Å²) in [4.78, 5) is 16.7. The Hall–Kier alpha value is -3.92. The van der Waals surface area contributed by atoms with Crippen LogP contribution in [-0.4, -0.2) is 17.2 Å². The first-order chi connectivity index (χ1) is 14.7. The number of aliphatic imine (C=N–C) groups is 1. The first kappa shape index (κ1) is 19.4. The number of benzene rings is 4. The maximum Gasteiger partial charge on any atom is 0.224 e. The summed E-state index contributed by atoms with van der Waals surface area (Å²) in [6, 6.07) is 28.8. The zero-order valence-electron chi connectivity index (χ0n) is 16.5. The Bertz CT molecular complexity index is 1200. The second-order valence-electron chi connectivity index (χ2n) is 7.09. The minimum Gasteiger partial charge on any atom is -0.507 e. The molecule has 0 aliphatic rings. The molecule has 4 heteroatoms. The lowest BCUT2D eigenvalue weighted by Crippen LogP contribution is -2.24. The normalized spacial score (nSPS) is 11.1. The van der Waals surface area contributed by atoms with Crippen LogP contribution in [0.4, 0.5) is 5.69 Å². The number of phenols is 1. The first-order valence-electron chi connectivity index (χ1n) is 9.83. The van der Waals surface area contributed by atoms with Crippen molar-refractivity contribution in [3.63, 3.8) is 0 Å². The molecule has 0 radical (unpaired) electrons. The van der Waals surface area contributed by atoms with E-state index in [0.717, 1.165) is 27.6 Å². The minimum atomic E-state index is -0.0178. The highest BCUT2D eigenvalue weighted by Crippen LogP contribution is 2.26. The Kier molecular flexibility index (Phi) is 5.85. The number of hydrogen-bond donors (Lipinski definition) is 2. The van der Waals surface area contributed by atoms with Crippen molar-refractivity contribution in [1.82, 2.24) is 5.32 Å². The molecule has 148 valence electrons. The minimum absolute atomic E-state index is 0.0178. The molecule has 1 amide bonds. The van der Waals surface area contributed by atoms with Gasteiger partial charge in [0.05, 0.1) is 12.1 Å². The van der Waals surface area contributed by atoms with Gasteiger partial charge in [0.1, 0.15) is 5.75 Å². The molecule has 4 aromatic carbocycles. The van der Waals surface area contributed by atoms with Crippen LogP contribution in [0.5, 0.6) is 5.75 Å². The Balaban J connectivity index is 1.45. The Morgan fingerprint density at radius 2 is 1.63 bits per heavy atom. The fraction of sp³-hybridized carbons (Fsp3) is 0.0769. The summed E-state index contributed by atoms with van der Waals surface area (Å²) in [6.07, 6.45) is 2.05. The third-order valence-corrected chi connectivity index (χ3v) is 4.90. The van der Waals surface area contributed by atoms with Crippen molar-refractivity contribution < 1.29 is 9.90 Å². The summed E-state index contributed by atoms with van der Waals surface area (Å²) >= 11 is 0. The van der Waals surface area contributed by atoms with Crippen LogP contribution < -0.4 is 5.32 Å². The van der Waals surface area contributed by atoms with Crippen molar-refractivity contribution in [3.05, 3.63) is 108 Å². The quantitative estimate of drug-likeness (QED) is 0.444. The van der Waals surface area contributed by atoms with Crippen LogP contribution in [0.2, 0.25) is 0 Å². The molecular weight excluding hydrogens is 372 g/mol. The smallest absolute Gasteiger partial charge is 0.224 e. The second-order valence-corrected chi connectivity index (χ2v) is 7.09. The van der Waals surface area contributed by atoms with Gasteiger partial charge in [-0.2, -0.15) is 0 Å². The largest absolute Gasteiger partial charge is 0.507 e.